The average molecular weight is 1060 g/mol. The van der Waals surface area contributed by atoms with Crippen LogP contribution in [0.25, 0.3) is 0 Å². The molecule has 0 aliphatic carbocycles. The highest BCUT2D eigenvalue weighted by Gasteiger charge is 2.39. The minimum Gasteiger partial charge on any atom is -0.477 e. The monoisotopic (exact) mass is 1060 g/mol. The van der Waals surface area contributed by atoms with E-state index in [9.17, 15) is 58.6 Å². The summed E-state index contributed by atoms with van der Waals surface area (Å²) in [5.41, 5.74) is 39.5. The minimum absolute atomic E-state index is 0.0293. The van der Waals surface area contributed by atoms with Crippen molar-refractivity contribution in [2.24, 2.45) is 45.1 Å². The van der Waals surface area contributed by atoms with Gasteiger partial charge < -0.3 is 92.5 Å². The fraction of sp³-hybridized carbons (Fsp3) is 0.596. The van der Waals surface area contributed by atoms with E-state index in [-0.39, 0.29) is 77.1 Å². The highest BCUT2D eigenvalue weighted by molar-refractivity contribution is 5.99. The molecule has 0 radical (unpaired) electrons. The Labute approximate surface area is 435 Å². The second kappa shape index (κ2) is 34.2. The highest BCUT2D eigenvalue weighted by Crippen LogP contribution is 2.21. The van der Waals surface area contributed by atoms with Gasteiger partial charge in [-0.15, -0.1) is 0 Å². The molecule has 8 atom stereocenters. The van der Waals surface area contributed by atoms with Crippen LogP contribution in [0, 0.1) is 11.3 Å². The molecule has 75 heavy (non-hydrogen) atoms. The number of nitrogens with one attached hydrogen (secondary N) is 7. The molecular weight excluding hydrogens is 979 g/mol. The Morgan fingerprint density at radius 2 is 1.43 bits per heavy atom. The number of nitrogens with two attached hydrogens (primary N) is 7. The van der Waals surface area contributed by atoms with Gasteiger partial charge in [0.25, 0.3) is 0 Å². The number of hydrogen-bond donors (Lipinski definition) is 16. The summed E-state index contributed by atoms with van der Waals surface area (Å²) in [4.78, 5) is 126. The summed E-state index contributed by atoms with van der Waals surface area (Å²) < 4.78 is 0. The highest BCUT2D eigenvalue weighted by atomic mass is 16.4. The molecule has 1 aromatic carbocycles. The maximum Gasteiger partial charge on any atom is 0.352 e. The fourth-order valence-electron chi connectivity index (χ4n) is 7.67. The number of unbranched alkanes of at least 4 members (excludes halogenated alkanes) is 2. The molecular formula is C47H77N17O11. The number of carboxylic acids is 1. The van der Waals surface area contributed by atoms with Gasteiger partial charge in [0.15, 0.2) is 5.96 Å². The molecule has 0 aromatic heterocycles. The van der Waals surface area contributed by atoms with Crippen molar-refractivity contribution in [1.29, 1.82) is 5.26 Å². The van der Waals surface area contributed by atoms with Gasteiger partial charge in [-0.1, -0.05) is 24.6 Å². The number of carbonyl (C=O) groups is 9. The summed E-state index contributed by atoms with van der Waals surface area (Å²) in [6, 6.07) is -0.748. The Hall–Kier alpha value is -7.29. The number of nitrogens with zero attached hydrogens (tertiary/aromatic N) is 3. The Balaban J connectivity index is 2.27. The average Bonchev–Trinajstić information content (AvgIpc) is 3.88. The number of nitriles is 1. The number of carbonyl (C=O) groups excluding carboxylic acids is 8. The molecule has 1 saturated heterocycles. The van der Waals surface area contributed by atoms with Gasteiger partial charge in [0.1, 0.15) is 41.9 Å². The normalized spacial score (nSPS) is 16.0. The number of amides is 8. The molecule has 1 aliphatic heterocycles. The van der Waals surface area contributed by atoms with Crippen LogP contribution >= 0.6 is 0 Å². The molecule has 28 nitrogen and oxygen atoms in total. The first-order valence-electron chi connectivity index (χ1n) is 24.8. The molecule has 1 fully saturated rings. The molecule has 8 amide bonds. The smallest absolute Gasteiger partial charge is 0.352 e. The van der Waals surface area contributed by atoms with Crippen LogP contribution in [0.3, 0.4) is 0 Å². The summed E-state index contributed by atoms with van der Waals surface area (Å²) >= 11 is 0. The van der Waals surface area contributed by atoms with Crippen LogP contribution in [-0.2, 0) is 49.6 Å². The van der Waals surface area contributed by atoms with E-state index >= 15 is 0 Å². The van der Waals surface area contributed by atoms with Crippen LogP contribution in [0.2, 0.25) is 0 Å². The van der Waals surface area contributed by atoms with Gasteiger partial charge in [0.05, 0.1) is 30.3 Å². The molecule has 1 unspecified atom stereocenters. The van der Waals surface area contributed by atoms with Crippen molar-refractivity contribution in [3.05, 3.63) is 47.2 Å². The lowest BCUT2D eigenvalue weighted by Crippen LogP contribution is -2.60. The van der Waals surface area contributed by atoms with Crippen molar-refractivity contribution in [3.8, 4) is 6.07 Å². The molecule has 23 N–H and O–H groups in total. The number of carboxylic acid groups (broad SMARTS) is 1. The molecule has 1 heterocycles. The Bertz CT molecular complexity index is 2190. The van der Waals surface area contributed by atoms with Crippen LogP contribution in [0.5, 0.6) is 0 Å². The van der Waals surface area contributed by atoms with E-state index in [1.54, 1.807) is 12.1 Å². The predicted molar refractivity (Wildman–Crippen MR) is 274 cm³/mol. The van der Waals surface area contributed by atoms with E-state index < -0.39 is 120 Å². The molecule has 1 aliphatic rings. The number of benzene rings is 1. The molecule has 2 rings (SSSR count). The largest absolute Gasteiger partial charge is 0.477 e. The van der Waals surface area contributed by atoms with Crippen LogP contribution in [-0.4, -0.2) is 169 Å². The van der Waals surface area contributed by atoms with E-state index in [2.05, 4.69) is 42.2 Å². The third-order valence-electron chi connectivity index (χ3n) is 11.9. The summed E-state index contributed by atoms with van der Waals surface area (Å²) in [6.07, 6.45) is 2.63. The summed E-state index contributed by atoms with van der Waals surface area (Å²) in [5, 5.41) is 46.9. The van der Waals surface area contributed by atoms with E-state index in [1.165, 1.54) is 30.0 Å². The zero-order valence-corrected chi connectivity index (χ0v) is 42.4. The van der Waals surface area contributed by atoms with Gasteiger partial charge in [0.2, 0.25) is 47.3 Å². The maximum atomic E-state index is 14.2. The number of aliphatic hydroxyl groups is 1. The van der Waals surface area contributed by atoms with Gasteiger partial charge in [-0.3, -0.25) is 43.3 Å². The Morgan fingerprint density at radius 3 is 2.03 bits per heavy atom. The van der Waals surface area contributed by atoms with Gasteiger partial charge in [-0.05, 0) is 108 Å². The number of guanidine groups is 1. The van der Waals surface area contributed by atoms with E-state index in [0.717, 1.165) is 0 Å². The van der Waals surface area contributed by atoms with E-state index in [0.29, 0.717) is 49.8 Å². The van der Waals surface area contributed by atoms with Crippen LogP contribution in [0.15, 0.2) is 41.0 Å². The van der Waals surface area contributed by atoms with Crippen LogP contribution in [0.1, 0.15) is 88.7 Å². The lowest BCUT2D eigenvalue weighted by Gasteiger charge is -2.30. The second-order valence-electron chi connectivity index (χ2n) is 17.8. The van der Waals surface area contributed by atoms with Gasteiger partial charge in [-0.2, -0.15) is 5.26 Å². The van der Waals surface area contributed by atoms with E-state index in [1.807, 2.05) is 6.07 Å². The summed E-state index contributed by atoms with van der Waals surface area (Å²) in [7, 11) is 0. The lowest BCUT2D eigenvalue weighted by molar-refractivity contribution is -0.142. The topological polar surface area (TPSA) is 500 Å². The minimum atomic E-state index is -1.57. The standard InChI is InChI=1S/C47H77N17O11/c1-27(58-44(72)38(36(65)25-52)63-40(68)30(53)9-2-4-18-48)39(67)57-26-37(66)59-32(11-6-20-50)45(73)64-22-8-13-35(64)43(71)62-34(23-28-14-16-29(24-51)17-15-28)42(70)60-31(10-3-5-19-49)41(69)61-33(46(74)75)12-7-21-56-47(54)55/h12,14-17,27,30-32,34-36,38,65H,2-11,13,18-23,25-26,48-50,52-53H2,1H3,(H,57,67)(H,58,72)(H,59,66)(H,60,70)(H,61,69)(H,62,71)(H,63,68)(H,74,75)(H4,54,55,56)/b33-12-/t27-,30-,31-,32+,34?,35-,36-,38-/m0/s1. The first-order chi connectivity index (χ1) is 35.7. The van der Waals surface area contributed by atoms with Crippen molar-refractivity contribution in [2.75, 3.05) is 45.8 Å². The first-order valence-corrected chi connectivity index (χ1v) is 24.8. The zero-order chi connectivity index (χ0) is 56.0. The molecule has 0 saturated carbocycles. The van der Waals surface area contributed by atoms with Crippen molar-refractivity contribution in [1.82, 2.24) is 42.1 Å². The number of aliphatic carboxylic acids is 1. The first kappa shape index (κ1) is 63.8. The second-order valence-corrected chi connectivity index (χ2v) is 17.8. The SMILES string of the molecule is C[C@H](NC(=O)[C@@H](NC(=O)[C@@H](N)CCCCN)[C@@H](O)CN)C(=O)NCC(=O)N[C@H](CCCN)C(=O)N1CCC[C@H]1C(=O)NC(Cc1ccc(C#N)cc1)C(=O)N[C@@H](CCCCN)C(=O)N/C(=C\CCN=C(N)N)C(=O)O. The third-order valence-corrected chi connectivity index (χ3v) is 11.9. The van der Waals surface area contributed by atoms with Crippen molar-refractivity contribution < 1.29 is 53.4 Å². The molecule has 0 spiro atoms. The van der Waals surface area contributed by atoms with Gasteiger partial charge >= 0.3 is 5.97 Å². The fourth-order valence-corrected chi connectivity index (χ4v) is 7.67. The summed E-state index contributed by atoms with van der Waals surface area (Å²) in [5.74, 6) is -8.12. The maximum absolute atomic E-state index is 14.2. The molecule has 28 heteroatoms. The van der Waals surface area contributed by atoms with E-state index in [4.69, 9.17) is 40.1 Å². The molecule has 416 valence electrons. The van der Waals surface area contributed by atoms with Gasteiger partial charge in [-0.25, -0.2) is 4.79 Å². The number of hydrogen-bond acceptors (Lipinski definition) is 17. The quantitative estimate of drug-likeness (QED) is 0.0132. The molecule has 1 aromatic rings. The zero-order valence-electron chi connectivity index (χ0n) is 42.4. The number of likely N-dealkylation sites (tertiary alicyclic amines) is 1. The number of aliphatic hydroxyl groups excluding tert-OH is 1. The third kappa shape index (κ3) is 22.8. The summed E-state index contributed by atoms with van der Waals surface area (Å²) in [6.45, 7) is 1.10. The van der Waals surface area contributed by atoms with Crippen molar-refractivity contribution >= 4 is 59.2 Å². The van der Waals surface area contributed by atoms with Crippen molar-refractivity contribution in [2.45, 2.75) is 132 Å². The Kier molecular flexibility index (Phi) is 29.1. The predicted octanol–water partition coefficient (Wildman–Crippen LogP) is -5.96. The van der Waals surface area contributed by atoms with Gasteiger partial charge in [0, 0.05) is 26.1 Å². The lowest BCUT2D eigenvalue weighted by atomic mass is 10.0. The number of aliphatic imine (C=N–C) groups is 1. The number of rotatable bonds is 34. The van der Waals surface area contributed by atoms with Crippen molar-refractivity contribution in [3.63, 3.8) is 0 Å². The Morgan fingerprint density at radius 1 is 0.787 bits per heavy atom. The molecule has 0 bridgehead atoms. The van der Waals surface area contributed by atoms with Crippen LogP contribution in [0.4, 0.5) is 0 Å². The van der Waals surface area contributed by atoms with Crippen LogP contribution < -0.4 is 77.4 Å².